The van der Waals surface area contributed by atoms with Crippen LogP contribution in [0.25, 0.3) is 0 Å². The van der Waals surface area contributed by atoms with E-state index in [1.165, 1.54) is 0 Å². The molecule has 1 heterocycles. The molecule has 1 aromatic heterocycles. The van der Waals surface area contributed by atoms with E-state index in [0.29, 0.717) is 6.42 Å². The van der Waals surface area contributed by atoms with Crippen molar-refractivity contribution in [1.29, 1.82) is 0 Å². The summed E-state index contributed by atoms with van der Waals surface area (Å²) in [6, 6.07) is 0. The molecule has 0 aliphatic heterocycles. The van der Waals surface area contributed by atoms with E-state index in [4.69, 9.17) is 5.11 Å². The van der Waals surface area contributed by atoms with Crippen LogP contribution in [0.1, 0.15) is 51.1 Å². The lowest BCUT2D eigenvalue weighted by Gasteiger charge is -2.12. The number of aliphatic hydroxyl groups is 1. The highest BCUT2D eigenvalue weighted by atomic mass is 19.4. The zero-order valence-corrected chi connectivity index (χ0v) is 13.8. The van der Waals surface area contributed by atoms with Crippen LogP contribution in [-0.4, -0.2) is 32.2 Å². The van der Waals surface area contributed by atoms with E-state index in [1.54, 1.807) is 0 Å². The zero-order valence-electron chi connectivity index (χ0n) is 13.8. The second kappa shape index (κ2) is 9.61. The molecule has 1 N–H and O–H groups in total. The molecule has 0 radical (unpaired) electrons. The normalized spacial score (nSPS) is 11.9. The van der Waals surface area contributed by atoms with Gasteiger partial charge in [0.25, 0.3) is 5.56 Å². The molecular formula is C15H24F3N3O3. The largest absolute Gasteiger partial charge is 0.395 e. The Hall–Kier alpha value is -1.64. The van der Waals surface area contributed by atoms with Gasteiger partial charge in [0, 0.05) is 13.0 Å². The Morgan fingerprint density at radius 1 is 1.08 bits per heavy atom. The van der Waals surface area contributed by atoms with Gasteiger partial charge in [0.15, 0.2) is 0 Å². The smallest absolute Gasteiger partial charge is 0.389 e. The topological polar surface area (TPSA) is 77.1 Å². The fraction of sp³-hybridized carbons (Fsp3) is 0.800. The van der Waals surface area contributed by atoms with Gasteiger partial charge in [-0.25, -0.2) is 9.48 Å². The molecule has 24 heavy (non-hydrogen) atoms. The highest BCUT2D eigenvalue weighted by Crippen LogP contribution is 2.21. The van der Waals surface area contributed by atoms with Crippen LogP contribution in [0.2, 0.25) is 0 Å². The quantitative estimate of drug-likeness (QED) is 0.653. The average molecular weight is 351 g/mol. The number of unbranched alkanes of at least 4 members (excludes halogenated alkanes) is 3. The van der Waals surface area contributed by atoms with Gasteiger partial charge in [-0.1, -0.05) is 26.2 Å². The number of aliphatic hydroxyl groups excluding tert-OH is 1. The summed E-state index contributed by atoms with van der Waals surface area (Å²) in [7, 11) is 0. The Kier molecular flexibility index (Phi) is 8.17. The lowest BCUT2D eigenvalue weighted by atomic mass is 10.1. The number of rotatable bonds is 10. The Morgan fingerprint density at radius 3 is 2.38 bits per heavy atom. The summed E-state index contributed by atoms with van der Waals surface area (Å²) in [6.07, 6.45) is -1.58. The maximum atomic E-state index is 12.2. The van der Waals surface area contributed by atoms with Gasteiger partial charge in [-0.2, -0.15) is 18.3 Å². The second-order valence-electron chi connectivity index (χ2n) is 5.66. The highest BCUT2D eigenvalue weighted by Gasteiger charge is 2.26. The molecule has 9 heteroatoms. The SMILES string of the molecule is CCCCCCc1nn(CCCC(F)(F)F)c(=O)n(CCO)c1=O. The van der Waals surface area contributed by atoms with Gasteiger partial charge in [0.2, 0.25) is 0 Å². The molecule has 0 saturated carbocycles. The minimum Gasteiger partial charge on any atom is -0.395 e. The molecule has 138 valence electrons. The van der Waals surface area contributed by atoms with Gasteiger partial charge in [-0.3, -0.25) is 9.36 Å². The van der Waals surface area contributed by atoms with E-state index in [0.717, 1.165) is 34.9 Å². The van der Waals surface area contributed by atoms with Crippen molar-refractivity contribution in [3.63, 3.8) is 0 Å². The molecule has 0 unspecified atom stereocenters. The first-order valence-corrected chi connectivity index (χ1v) is 8.18. The van der Waals surface area contributed by atoms with E-state index in [1.807, 2.05) is 6.92 Å². The standard InChI is InChI=1S/C15H24F3N3O3/c1-2-3-4-5-7-12-13(23)20(10-11-22)14(24)21(19-12)9-6-8-15(16,17)18/h22H,2-11H2,1H3. The first-order chi connectivity index (χ1) is 11.3. The Bertz CT molecular complexity index is 623. The van der Waals surface area contributed by atoms with Crippen LogP contribution < -0.4 is 11.2 Å². The number of nitrogens with zero attached hydrogens (tertiary/aromatic N) is 3. The molecular weight excluding hydrogens is 327 g/mol. The molecule has 0 spiro atoms. The van der Waals surface area contributed by atoms with E-state index in [2.05, 4.69) is 5.10 Å². The third kappa shape index (κ3) is 6.46. The van der Waals surface area contributed by atoms with Gasteiger partial charge in [0.1, 0.15) is 5.69 Å². The monoisotopic (exact) mass is 351 g/mol. The van der Waals surface area contributed by atoms with Crippen molar-refractivity contribution < 1.29 is 18.3 Å². The average Bonchev–Trinajstić information content (AvgIpc) is 2.50. The Balaban J connectivity index is 2.97. The summed E-state index contributed by atoms with van der Waals surface area (Å²) in [5.74, 6) is 0. The summed E-state index contributed by atoms with van der Waals surface area (Å²) in [5, 5.41) is 13.0. The molecule has 0 atom stereocenters. The Morgan fingerprint density at radius 2 is 1.79 bits per heavy atom. The predicted octanol–water partition coefficient (Wildman–Crippen LogP) is 1.86. The van der Waals surface area contributed by atoms with Gasteiger partial charge < -0.3 is 5.11 Å². The number of aryl methyl sites for hydroxylation is 2. The van der Waals surface area contributed by atoms with Crippen LogP contribution in [-0.2, 0) is 19.5 Å². The maximum Gasteiger partial charge on any atom is 0.389 e. The van der Waals surface area contributed by atoms with Crippen molar-refractivity contribution in [1.82, 2.24) is 14.3 Å². The summed E-state index contributed by atoms with van der Waals surface area (Å²) >= 11 is 0. The van der Waals surface area contributed by atoms with Crippen molar-refractivity contribution in [3.8, 4) is 0 Å². The second-order valence-corrected chi connectivity index (χ2v) is 5.66. The number of halogens is 3. The molecule has 0 aliphatic rings. The number of hydrogen-bond acceptors (Lipinski definition) is 4. The Labute approximate surface area is 137 Å². The van der Waals surface area contributed by atoms with Gasteiger partial charge >= 0.3 is 11.9 Å². The summed E-state index contributed by atoms with van der Waals surface area (Å²) in [4.78, 5) is 24.4. The molecule has 0 bridgehead atoms. The molecule has 0 aliphatic carbocycles. The molecule has 6 nitrogen and oxygen atoms in total. The van der Waals surface area contributed by atoms with Crippen molar-refractivity contribution >= 4 is 0 Å². The summed E-state index contributed by atoms with van der Waals surface area (Å²) in [6.45, 7) is 1.23. The van der Waals surface area contributed by atoms with Gasteiger partial charge in [0.05, 0.1) is 13.2 Å². The highest BCUT2D eigenvalue weighted by molar-refractivity contribution is 4.95. The van der Waals surface area contributed by atoms with E-state index in [-0.39, 0.29) is 25.2 Å². The fourth-order valence-electron chi connectivity index (χ4n) is 2.36. The van der Waals surface area contributed by atoms with Gasteiger partial charge in [-0.05, 0) is 19.3 Å². The molecule has 0 amide bonds. The van der Waals surface area contributed by atoms with E-state index in [9.17, 15) is 22.8 Å². The lowest BCUT2D eigenvalue weighted by Crippen LogP contribution is -2.44. The van der Waals surface area contributed by atoms with Crippen molar-refractivity contribution in [2.75, 3.05) is 6.61 Å². The zero-order chi connectivity index (χ0) is 18.2. The minimum atomic E-state index is -4.30. The van der Waals surface area contributed by atoms with Crippen molar-refractivity contribution in [2.24, 2.45) is 0 Å². The lowest BCUT2D eigenvalue weighted by molar-refractivity contribution is -0.136. The molecule has 0 saturated heterocycles. The fourth-order valence-corrected chi connectivity index (χ4v) is 2.36. The predicted molar refractivity (Wildman–Crippen MR) is 83.0 cm³/mol. The van der Waals surface area contributed by atoms with Gasteiger partial charge in [-0.15, -0.1) is 0 Å². The molecule has 1 rings (SSSR count). The third-order valence-electron chi connectivity index (χ3n) is 3.61. The molecule has 0 aromatic carbocycles. The van der Waals surface area contributed by atoms with E-state index >= 15 is 0 Å². The van der Waals surface area contributed by atoms with Crippen LogP contribution >= 0.6 is 0 Å². The van der Waals surface area contributed by atoms with Crippen LogP contribution in [0, 0.1) is 0 Å². The minimum absolute atomic E-state index is 0.158. The summed E-state index contributed by atoms with van der Waals surface area (Å²) in [5.41, 5.74) is -1.20. The van der Waals surface area contributed by atoms with Crippen LogP contribution in [0.4, 0.5) is 13.2 Å². The number of aromatic nitrogens is 3. The molecule has 1 aromatic rings. The summed E-state index contributed by atoms with van der Waals surface area (Å²) < 4.78 is 38.5. The van der Waals surface area contributed by atoms with E-state index < -0.39 is 30.5 Å². The third-order valence-corrected chi connectivity index (χ3v) is 3.61. The van der Waals surface area contributed by atoms with Crippen molar-refractivity contribution in [2.45, 2.75) is 71.1 Å². The van der Waals surface area contributed by atoms with Crippen LogP contribution in [0.5, 0.6) is 0 Å². The maximum absolute atomic E-state index is 12.2. The number of alkyl halides is 3. The van der Waals surface area contributed by atoms with Crippen molar-refractivity contribution in [3.05, 3.63) is 26.5 Å². The first kappa shape index (κ1) is 20.4. The number of hydrogen-bond donors (Lipinski definition) is 1. The van der Waals surface area contributed by atoms with Crippen LogP contribution in [0.3, 0.4) is 0 Å². The first-order valence-electron chi connectivity index (χ1n) is 8.18. The van der Waals surface area contributed by atoms with Crippen LogP contribution in [0.15, 0.2) is 9.59 Å². The molecule has 0 fully saturated rings.